The fraction of sp³-hybridized carbons (Fsp3) is 0.381. The lowest BCUT2D eigenvalue weighted by molar-refractivity contribution is -0.253. The molecule has 1 amide bonds. The lowest BCUT2D eigenvalue weighted by atomic mass is 9.95. The van der Waals surface area contributed by atoms with E-state index in [0.717, 1.165) is 12.1 Å². The number of hydrogen-bond donors (Lipinski definition) is 2. The van der Waals surface area contributed by atoms with E-state index in [2.05, 4.69) is 4.74 Å². The molecule has 0 unspecified atom stereocenters. The number of benzene rings is 2. The van der Waals surface area contributed by atoms with Crippen LogP contribution in [0.5, 0.6) is 5.75 Å². The van der Waals surface area contributed by atoms with Gasteiger partial charge in [-0.05, 0) is 48.2 Å². The Hall–Kier alpha value is -2.12. The summed E-state index contributed by atoms with van der Waals surface area (Å²) in [7, 11) is -4.22. The second-order valence-corrected chi connectivity index (χ2v) is 10.2. The lowest BCUT2D eigenvalue weighted by Gasteiger charge is -2.38. The zero-order valence-corrected chi connectivity index (χ0v) is 20.4. The van der Waals surface area contributed by atoms with Crippen molar-refractivity contribution in [2.75, 3.05) is 19.1 Å². The van der Waals surface area contributed by atoms with Crippen LogP contribution in [0.2, 0.25) is 0 Å². The number of hydroxylamine groups is 1. The van der Waals surface area contributed by atoms with Crippen molar-refractivity contribution >= 4 is 39.8 Å². The van der Waals surface area contributed by atoms with Crippen LogP contribution < -0.4 is 10.2 Å². The van der Waals surface area contributed by atoms with Gasteiger partial charge >= 0.3 is 12.5 Å². The van der Waals surface area contributed by atoms with E-state index in [1.165, 1.54) is 41.9 Å². The van der Waals surface area contributed by atoms with E-state index in [1.807, 2.05) is 0 Å². The van der Waals surface area contributed by atoms with Crippen LogP contribution >= 0.6 is 24.0 Å². The molecule has 1 heterocycles. The third-order valence-electron chi connectivity index (χ3n) is 5.72. The predicted octanol–water partition coefficient (Wildman–Crippen LogP) is 4.32. The Labute approximate surface area is 210 Å². The average molecular weight is 561 g/mol. The van der Waals surface area contributed by atoms with E-state index in [1.54, 1.807) is 4.90 Å². The van der Waals surface area contributed by atoms with Crippen molar-refractivity contribution in [1.29, 1.82) is 0 Å². The first-order chi connectivity index (χ1) is 16.0. The van der Waals surface area contributed by atoms with Gasteiger partial charge in [-0.2, -0.15) is 17.6 Å². The molecule has 2 N–H and O–H groups in total. The maximum absolute atomic E-state index is 13.4. The topological polar surface area (TPSA) is 95.9 Å². The number of nitrogens with zero attached hydrogens (tertiary/aromatic N) is 1. The predicted molar refractivity (Wildman–Crippen MR) is 122 cm³/mol. The molecular weight excluding hydrogens is 539 g/mol. The van der Waals surface area contributed by atoms with Crippen molar-refractivity contribution in [3.05, 3.63) is 48.5 Å². The van der Waals surface area contributed by atoms with E-state index in [-0.39, 0.29) is 49.2 Å². The molecule has 14 heteroatoms. The normalized spacial score (nSPS) is 16.4. The van der Waals surface area contributed by atoms with Crippen LogP contribution in [-0.2, 0) is 14.6 Å². The van der Waals surface area contributed by atoms with Crippen LogP contribution in [0.25, 0.3) is 11.1 Å². The quantitative estimate of drug-likeness (QED) is 0.164. The zero-order valence-electron chi connectivity index (χ0n) is 18.0. The third-order valence-corrected chi connectivity index (χ3v) is 8.58. The summed E-state index contributed by atoms with van der Waals surface area (Å²) in [6.45, 7) is 0.487. The molecular formula is C21H22Cl2F4N2O5S. The molecule has 1 fully saturated rings. The Kier molecular flexibility index (Phi) is 9.39. The number of halogens is 6. The number of piperidine rings is 1. The van der Waals surface area contributed by atoms with Crippen molar-refractivity contribution in [3.8, 4) is 16.9 Å². The molecule has 0 radical (unpaired) electrons. The molecule has 194 valence electrons. The van der Waals surface area contributed by atoms with E-state index in [0.29, 0.717) is 11.1 Å². The maximum atomic E-state index is 13.4. The fourth-order valence-corrected chi connectivity index (χ4v) is 5.92. The van der Waals surface area contributed by atoms with E-state index in [4.69, 9.17) is 11.6 Å². The number of nitrogens with one attached hydrogen (secondary N) is 1. The van der Waals surface area contributed by atoms with Gasteiger partial charge in [0.2, 0.25) is 0 Å². The molecule has 0 aliphatic carbocycles. The summed E-state index contributed by atoms with van der Waals surface area (Å²) < 4.78 is 79.6. The number of amides is 1. The Morgan fingerprint density at radius 3 is 2.00 bits per heavy atom. The molecule has 0 saturated carbocycles. The SMILES string of the molecule is Cl.O=C(NO)C1(S(=O)(=O)c2ccc(-c3ccc(OC(F)(F)C(F)F)cc3)cc2)CCN(CCl)CC1. The number of alkyl halides is 5. The molecule has 2 aromatic carbocycles. The van der Waals surface area contributed by atoms with Gasteiger partial charge < -0.3 is 4.74 Å². The minimum absolute atomic E-state index is 0. The smallest absolute Gasteiger partial charge is 0.428 e. The lowest BCUT2D eigenvalue weighted by Crippen LogP contribution is -2.57. The first-order valence-electron chi connectivity index (χ1n) is 10.00. The number of rotatable bonds is 8. The first kappa shape index (κ1) is 29.1. The summed E-state index contributed by atoms with van der Waals surface area (Å²) in [6.07, 6.45) is -8.75. The van der Waals surface area contributed by atoms with Crippen molar-refractivity contribution in [1.82, 2.24) is 10.4 Å². The van der Waals surface area contributed by atoms with Crippen LogP contribution in [0.3, 0.4) is 0 Å². The minimum Gasteiger partial charge on any atom is -0.428 e. The highest BCUT2D eigenvalue weighted by Gasteiger charge is 2.52. The largest absolute Gasteiger partial charge is 0.461 e. The highest BCUT2D eigenvalue weighted by Crippen LogP contribution is 2.37. The van der Waals surface area contributed by atoms with Gasteiger partial charge in [0.1, 0.15) is 5.75 Å². The Balaban J connectivity index is 0.00000432. The molecule has 3 rings (SSSR count). The summed E-state index contributed by atoms with van der Waals surface area (Å²) in [5.41, 5.74) is 2.45. The van der Waals surface area contributed by atoms with Gasteiger partial charge in [-0.3, -0.25) is 14.9 Å². The molecule has 1 saturated heterocycles. The van der Waals surface area contributed by atoms with Gasteiger partial charge in [0.05, 0.1) is 10.9 Å². The highest BCUT2D eigenvalue weighted by atomic mass is 35.5. The number of carbonyl (C=O) groups is 1. The molecule has 1 aliphatic rings. The van der Waals surface area contributed by atoms with Crippen molar-refractivity contribution < 1.29 is 40.7 Å². The molecule has 0 bridgehead atoms. The summed E-state index contributed by atoms with van der Waals surface area (Å²) >= 11 is 5.80. The van der Waals surface area contributed by atoms with Gasteiger partial charge in [0.15, 0.2) is 14.6 Å². The number of ether oxygens (including phenoxy) is 1. The third kappa shape index (κ3) is 5.83. The van der Waals surface area contributed by atoms with Gasteiger partial charge in [-0.15, -0.1) is 24.0 Å². The Morgan fingerprint density at radius 2 is 1.57 bits per heavy atom. The van der Waals surface area contributed by atoms with E-state index in [9.17, 15) is 36.0 Å². The monoisotopic (exact) mass is 560 g/mol. The van der Waals surface area contributed by atoms with Crippen molar-refractivity contribution in [2.24, 2.45) is 0 Å². The van der Waals surface area contributed by atoms with Crippen LogP contribution in [0.15, 0.2) is 53.4 Å². The molecule has 35 heavy (non-hydrogen) atoms. The standard InChI is InChI=1S/C21H21ClF4N2O5S.ClH/c22-13-28-11-9-20(10-12-28,19(29)27-30)34(31,32)17-7-3-15(4-8-17)14-1-5-16(6-2-14)33-21(25,26)18(23)24;/h1-8,18,30H,9-13H2,(H,27,29);1H. The number of hydrogen-bond acceptors (Lipinski definition) is 6. The fourth-order valence-electron chi connectivity index (χ4n) is 3.72. The number of carbonyl (C=O) groups excluding carboxylic acids is 1. The highest BCUT2D eigenvalue weighted by molar-refractivity contribution is 7.93. The van der Waals surface area contributed by atoms with E-state index >= 15 is 0 Å². The summed E-state index contributed by atoms with van der Waals surface area (Å²) in [5.74, 6) is -1.49. The van der Waals surface area contributed by atoms with Gasteiger partial charge in [-0.25, -0.2) is 13.9 Å². The van der Waals surface area contributed by atoms with Crippen LogP contribution in [-0.4, -0.2) is 60.8 Å². The van der Waals surface area contributed by atoms with Crippen molar-refractivity contribution in [2.45, 2.75) is 35.0 Å². The molecule has 0 atom stereocenters. The zero-order chi connectivity index (χ0) is 25.1. The van der Waals surface area contributed by atoms with Crippen LogP contribution in [0.4, 0.5) is 17.6 Å². The molecule has 0 aromatic heterocycles. The van der Waals surface area contributed by atoms with Gasteiger partial charge in [0.25, 0.3) is 5.91 Å². The molecule has 2 aromatic rings. The number of likely N-dealkylation sites (tertiary alicyclic amines) is 1. The average Bonchev–Trinajstić information content (AvgIpc) is 2.83. The molecule has 0 spiro atoms. The second kappa shape index (κ2) is 11.3. The Bertz CT molecular complexity index is 1110. The van der Waals surface area contributed by atoms with Crippen molar-refractivity contribution in [3.63, 3.8) is 0 Å². The maximum Gasteiger partial charge on any atom is 0.461 e. The minimum atomic E-state index is -4.63. The summed E-state index contributed by atoms with van der Waals surface area (Å²) in [5, 5.41) is 9.20. The summed E-state index contributed by atoms with van der Waals surface area (Å²) in [6, 6.07) is 10.5. The molecule has 1 aliphatic heterocycles. The first-order valence-corrected chi connectivity index (χ1v) is 12.0. The number of sulfone groups is 1. The van der Waals surface area contributed by atoms with Crippen LogP contribution in [0.1, 0.15) is 12.8 Å². The summed E-state index contributed by atoms with van der Waals surface area (Å²) in [4.78, 5) is 14.1. The van der Waals surface area contributed by atoms with Crippen LogP contribution in [0, 0.1) is 0 Å². The molecule has 7 nitrogen and oxygen atoms in total. The van der Waals surface area contributed by atoms with E-state index < -0.39 is 38.8 Å². The van der Waals surface area contributed by atoms with Gasteiger partial charge in [0, 0.05) is 13.1 Å². The second-order valence-electron chi connectivity index (χ2n) is 7.69. The van der Waals surface area contributed by atoms with Gasteiger partial charge in [-0.1, -0.05) is 24.3 Å². The Morgan fingerprint density at radius 1 is 1.09 bits per heavy atom.